The smallest absolute Gasteiger partial charge is 0.329 e. The first kappa shape index (κ1) is 15.3. The summed E-state index contributed by atoms with van der Waals surface area (Å²) in [5.41, 5.74) is 0. The molecule has 0 fully saturated rings. The number of carboxylic acids is 2. The van der Waals surface area contributed by atoms with Crippen LogP contribution in [0.1, 0.15) is 0 Å². The molecular formula is C6H10N4O8. The number of hydrogen-bond donors (Lipinski definition) is 2. The van der Waals surface area contributed by atoms with E-state index in [9.17, 15) is 29.8 Å². The summed E-state index contributed by atoms with van der Waals surface area (Å²) in [5.74, 6) is -2.95. The molecule has 0 saturated heterocycles. The van der Waals surface area contributed by atoms with Gasteiger partial charge in [0.1, 0.15) is 13.1 Å². The minimum Gasteiger partial charge on any atom is -0.480 e. The molecule has 0 amide bonds. The lowest BCUT2D eigenvalue weighted by molar-refractivity contribution is -0.671. The van der Waals surface area contributed by atoms with Crippen LogP contribution >= 0.6 is 0 Å². The van der Waals surface area contributed by atoms with E-state index in [4.69, 9.17) is 10.2 Å². The zero-order chi connectivity index (χ0) is 14.3. The average molecular weight is 266 g/mol. The minimum atomic E-state index is -1.47. The lowest BCUT2D eigenvalue weighted by atomic mass is 10.5. The molecule has 0 saturated carbocycles. The molecule has 12 heteroatoms. The Kier molecular flexibility index (Phi) is 5.81. The highest BCUT2D eigenvalue weighted by molar-refractivity contribution is 5.69. The molecule has 0 bridgehead atoms. The maximum absolute atomic E-state index is 10.4. The second kappa shape index (κ2) is 6.82. The van der Waals surface area contributed by atoms with Crippen molar-refractivity contribution in [3.05, 3.63) is 20.2 Å². The Labute approximate surface area is 99.2 Å². The fourth-order valence-electron chi connectivity index (χ4n) is 0.980. The summed E-state index contributed by atoms with van der Waals surface area (Å²) in [7, 11) is 0. The van der Waals surface area contributed by atoms with Crippen molar-refractivity contribution in [2.45, 2.75) is 0 Å². The van der Waals surface area contributed by atoms with E-state index in [0.717, 1.165) is 0 Å². The van der Waals surface area contributed by atoms with E-state index in [-0.39, 0.29) is 10.0 Å². The van der Waals surface area contributed by atoms with E-state index in [1.165, 1.54) is 0 Å². The molecule has 0 unspecified atom stereocenters. The van der Waals surface area contributed by atoms with Crippen molar-refractivity contribution in [2.24, 2.45) is 0 Å². The fourth-order valence-corrected chi connectivity index (χ4v) is 0.980. The van der Waals surface area contributed by atoms with Crippen LogP contribution < -0.4 is 0 Å². The summed E-state index contributed by atoms with van der Waals surface area (Å²) in [4.78, 5) is 41.4. The molecule has 0 aliphatic heterocycles. The second-order valence-electron chi connectivity index (χ2n) is 3.04. The third-order valence-corrected chi connectivity index (χ3v) is 1.71. The lowest BCUT2D eigenvalue weighted by Gasteiger charge is -2.15. The minimum absolute atomic E-state index is 0.237. The lowest BCUT2D eigenvalue weighted by Crippen LogP contribution is -2.44. The molecule has 0 rings (SSSR count). The van der Waals surface area contributed by atoms with Crippen molar-refractivity contribution < 1.29 is 29.9 Å². The van der Waals surface area contributed by atoms with Crippen LogP contribution in [0.2, 0.25) is 0 Å². The van der Waals surface area contributed by atoms with Crippen LogP contribution in [0.15, 0.2) is 0 Å². The number of nitro groups is 2. The van der Waals surface area contributed by atoms with Gasteiger partial charge in [-0.3, -0.25) is 9.59 Å². The summed E-state index contributed by atoms with van der Waals surface area (Å²) in [5, 5.41) is 36.0. The number of hydrazine groups is 2. The first-order valence-electron chi connectivity index (χ1n) is 4.46. The van der Waals surface area contributed by atoms with Gasteiger partial charge in [-0.1, -0.05) is 0 Å². The second-order valence-corrected chi connectivity index (χ2v) is 3.04. The molecule has 18 heavy (non-hydrogen) atoms. The molecule has 2 N–H and O–H groups in total. The maximum atomic E-state index is 10.4. The van der Waals surface area contributed by atoms with Gasteiger partial charge in [0.05, 0.1) is 0 Å². The number of hydrogen-bond acceptors (Lipinski definition) is 6. The Morgan fingerprint density at radius 3 is 1.33 bits per heavy atom. The quantitative estimate of drug-likeness (QED) is 0.356. The van der Waals surface area contributed by atoms with Gasteiger partial charge in [-0.15, -0.1) is 10.0 Å². The van der Waals surface area contributed by atoms with Crippen LogP contribution in [0.25, 0.3) is 0 Å². The molecule has 12 nitrogen and oxygen atoms in total. The largest absolute Gasteiger partial charge is 0.480 e. The van der Waals surface area contributed by atoms with E-state index in [2.05, 4.69) is 0 Å². The first-order valence-corrected chi connectivity index (χ1v) is 4.46. The first-order chi connectivity index (χ1) is 8.23. The van der Waals surface area contributed by atoms with E-state index in [1.807, 2.05) is 0 Å². The van der Waals surface area contributed by atoms with Crippen molar-refractivity contribution in [3.63, 3.8) is 0 Å². The Morgan fingerprint density at radius 2 is 1.17 bits per heavy atom. The van der Waals surface area contributed by atoms with E-state index < -0.39 is 48.2 Å². The Hall–Kier alpha value is -2.66. The highest BCUT2D eigenvalue weighted by Gasteiger charge is 2.24. The molecule has 0 aliphatic rings. The topological polar surface area (TPSA) is 167 Å². The van der Waals surface area contributed by atoms with Crippen LogP contribution in [-0.2, 0) is 9.59 Å². The molecule has 0 aromatic rings. The Morgan fingerprint density at radius 1 is 0.889 bits per heavy atom. The Balaban J connectivity index is 4.45. The molecule has 0 heterocycles. The van der Waals surface area contributed by atoms with Crippen molar-refractivity contribution in [2.75, 3.05) is 26.2 Å². The van der Waals surface area contributed by atoms with Gasteiger partial charge in [0.25, 0.3) is 0 Å². The van der Waals surface area contributed by atoms with Gasteiger partial charge in [0.15, 0.2) is 23.2 Å². The number of nitrogens with zero attached hydrogens (tertiary/aromatic N) is 4. The predicted molar refractivity (Wildman–Crippen MR) is 52.4 cm³/mol. The molecule has 0 spiro atoms. The van der Waals surface area contributed by atoms with Gasteiger partial charge in [0, 0.05) is 0 Å². The van der Waals surface area contributed by atoms with Crippen LogP contribution in [-0.4, -0.2) is 68.4 Å². The molecule has 0 aliphatic carbocycles. The third kappa shape index (κ3) is 6.04. The molecule has 0 atom stereocenters. The highest BCUT2D eigenvalue weighted by Crippen LogP contribution is 1.94. The standard InChI is InChI=1S/C6H10N4O8/c11-5(12)3-7(9(15)16)1-2-8(10(17)18)4-6(13)14/h1-4H2,(H,11,12)(H,13,14). The molecule has 102 valence electrons. The number of carbonyl (C=O) groups is 2. The van der Waals surface area contributed by atoms with Crippen molar-refractivity contribution in [1.29, 1.82) is 0 Å². The summed E-state index contributed by atoms with van der Waals surface area (Å²) in [6.45, 7) is -3.06. The average Bonchev–Trinajstić information content (AvgIpc) is 2.20. The van der Waals surface area contributed by atoms with Crippen molar-refractivity contribution in [3.8, 4) is 0 Å². The molecule has 0 aromatic heterocycles. The van der Waals surface area contributed by atoms with Crippen molar-refractivity contribution >= 4 is 11.9 Å². The van der Waals surface area contributed by atoms with Gasteiger partial charge in [-0.2, -0.15) is 0 Å². The molecular weight excluding hydrogens is 256 g/mol. The third-order valence-electron chi connectivity index (χ3n) is 1.71. The summed E-state index contributed by atoms with van der Waals surface area (Å²) < 4.78 is 0. The maximum Gasteiger partial charge on any atom is 0.329 e. The van der Waals surface area contributed by atoms with E-state index in [0.29, 0.717) is 0 Å². The summed E-state index contributed by atoms with van der Waals surface area (Å²) in [6, 6.07) is 0. The summed E-state index contributed by atoms with van der Waals surface area (Å²) >= 11 is 0. The number of rotatable bonds is 9. The Bertz CT molecular complexity index is 323. The van der Waals surface area contributed by atoms with E-state index in [1.54, 1.807) is 0 Å². The zero-order valence-corrected chi connectivity index (χ0v) is 8.96. The predicted octanol–water partition coefficient (Wildman–Crippen LogP) is -1.86. The van der Waals surface area contributed by atoms with E-state index >= 15 is 0 Å². The van der Waals surface area contributed by atoms with Crippen LogP contribution in [0.4, 0.5) is 0 Å². The van der Waals surface area contributed by atoms with Crippen molar-refractivity contribution in [1.82, 2.24) is 10.0 Å². The van der Waals surface area contributed by atoms with Crippen LogP contribution in [0, 0.1) is 20.2 Å². The fraction of sp³-hybridized carbons (Fsp3) is 0.667. The van der Waals surface area contributed by atoms with Gasteiger partial charge in [-0.05, 0) is 0 Å². The summed E-state index contributed by atoms with van der Waals surface area (Å²) in [6.07, 6.45) is 0. The SMILES string of the molecule is O=C(O)CN(CCN(CC(=O)O)[N+](=O)[O-])[N+](=O)[O-]. The zero-order valence-electron chi connectivity index (χ0n) is 8.96. The van der Waals surface area contributed by atoms with Gasteiger partial charge in [-0.25, -0.2) is 20.2 Å². The number of carboxylic acid groups (broad SMARTS) is 2. The van der Waals surface area contributed by atoms with Gasteiger partial charge in [0.2, 0.25) is 0 Å². The monoisotopic (exact) mass is 266 g/mol. The molecule has 0 radical (unpaired) electrons. The highest BCUT2D eigenvalue weighted by atomic mass is 16.7. The molecule has 0 aromatic carbocycles. The van der Waals surface area contributed by atoms with Crippen LogP contribution in [0.3, 0.4) is 0 Å². The van der Waals surface area contributed by atoms with Gasteiger partial charge >= 0.3 is 11.9 Å². The van der Waals surface area contributed by atoms with Crippen LogP contribution in [0.5, 0.6) is 0 Å². The van der Waals surface area contributed by atoms with Gasteiger partial charge < -0.3 is 10.2 Å². The number of aliphatic carboxylic acids is 2. The normalized spacial score (nSPS) is 9.56.